The zero-order valence-electron chi connectivity index (χ0n) is 10.6. The van der Waals surface area contributed by atoms with Gasteiger partial charge in [0.15, 0.2) is 0 Å². The second kappa shape index (κ2) is 5.59. The summed E-state index contributed by atoms with van der Waals surface area (Å²) < 4.78 is 13.1. The third-order valence-electron chi connectivity index (χ3n) is 3.05. The molecule has 0 fully saturated rings. The summed E-state index contributed by atoms with van der Waals surface area (Å²) in [6.07, 6.45) is 0.737. The minimum Gasteiger partial charge on any atom is -0.330 e. The summed E-state index contributed by atoms with van der Waals surface area (Å²) in [5.74, 6) is -0.0287. The molecule has 0 radical (unpaired) electrons. The number of aryl methyl sites for hydroxylation is 2. The van der Waals surface area contributed by atoms with Crippen LogP contribution >= 0.6 is 11.3 Å². The number of hydrogen-bond acceptors (Lipinski definition) is 3. The minimum absolute atomic E-state index is 0.171. The number of rotatable bonds is 4. The average Bonchev–Trinajstić information content (AvgIpc) is 2.66. The van der Waals surface area contributed by atoms with Crippen LogP contribution in [-0.2, 0) is 6.42 Å². The van der Waals surface area contributed by atoms with Gasteiger partial charge in [-0.3, -0.25) is 0 Å². The van der Waals surface area contributed by atoms with Gasteiger partial charge < -0.3 is 5.73 Å². The van der Waals surface area contributed by atoms with Crippen molar-refractivity contribution in [3.63, 3.8) is 0 Å². The fourth-order valence-corrected chi connectivity index (χ4v) is 2.93. The highest BCUT2D eigenvalue weighted by Crippen LogP contribution is 2.26. The number of halogens is 1. The first-order chi connectivity index (χ1) is 8.60. The fourth-order valence-electron chi connectivity index (χ4n) is 1.89. The molecule has 4 heteroatoms. The Hall–Kier alpha value is -1.26. The highest BCUT2D eigenvalue weighted by Gasteiger charge is 2.16. The summed E-state index contributed by atoms with van der Waals surface area (Å²) in [5, 5.41) is 1.05. The molecule has 1 atom stereocenters. The van der Waals surface area contributed by atoms with Crippen molar-refractivity contribution in [2.75, 3.05) is 6.54 Å². The first-order valence-electron chi connectivity index (χ1n) is 5.98. The standard InChI is InChI=1S/C14H17FN2S/c1-9-10(2)18-14(17-9)12(8-16)6-11-4-3-5-13(15)7-11/h3-5,7,12H,6,8,16H2,1-2H3. The van der Waals surface area contributed by atoms with Gasteiger partial charge in [0.2, 0.25) is 0 Å². The molecule has 1 aromatic carbocycles. The summed E-state index contributed by atoms with van der Waals surface area (Å²) in [7, 11) is 0. The number of aromatic nitrogens is 1. The Kier molecular flexibility index (Phi) is 4.09. The second-order valence-electron chi connectivity index (χ2n) is 4.46. The highest BCUT2D eigenvalue weighted by atomic mass is 32.1. The number of nitrogens with zero attached hydrogens (tertiary/aromatic N) is 1. The van der Waals surface area contributed by atoms with Gasteiger partial charge in [-0.15, -0.1) is 11.3 Å². The van der Waals surface area contributed by atoms with Crippen molar-refractivity contribution < 1.29 is 4.39 Å². The molecular weight excluding hydrogens is 247 g/mol. The molecule has 0 saturated heterocycles. The molecule has 1 unspecified atom stereocenters. The second-order valence-corrected chi connectivity index (χ2v) is 5.70. The largest absolute Gasteiger partial charge is 0.330 e. The molecule has 96 valence electrons. The molecule has 0 bridgehead atoms. The van der Waals surface area contributed by atoms with Crippen LogP contribution in [0.25, 0.3) is 0 Å². The number of benzene rings is 1. The zero-order chi connectivity index (χ0) is 13.1. The molecule has 18 heavy (non-hydrogen) atoms. The number of nitrogens with two attached hydrogens (primary N) is 1. The molecule has 2 nitrogen and oxygen atoms in total. The summed E-state index contributed by atoms with van der Waals surface area (Å²) in [5.41, 5.74) is 7.85. The van der Waals surface area contributed by atoms with Crippen LogP contribution in [0.1, 0.15) is 27.1 Å². The Morgan fingerprint density at radius 1 is 1.39 bits per heavy atom. The molecule has 0 spiro atoms. The van der Waals surface area contributed by atoms with E-state index in [0.717, 1.165) is 22.7 Å². The van der Waals surface area contributed by atoms with Gasteiger partial charge in [-0.25, -0.2) is 9.37 Å². The van der Waals surface area contributed by atoms with E-state index in [1.165, 1.54) is 10.9 Å². The van der Waals surface area contributed by atoms with Gasteiger partial charge in [-0.05, 0) is 38.0 Å². The average molecular weight is 264 g/mol. The van der Waals surface area contributed by atoms with E-state index in [4.69, 9.17) is 5.73 Å². The Bertz CT molecular complexity index is 517. The number of hydrogen-bond donors (Lipinski definition) is 1. The van der Waals surface area contributed by atoms with Crippen molar-refractivity contribution in [1.29, 1.82) is 0 Å². The molecule has 0 saturated carbocycles. The maximum atomic E-state index is 13.1. The van der Waals surface area contributed by atoms with E-state index in [1.807, 2.05) is 13.0 Å². The van der Waals surface area contributed by atoms with Crippen molar-refractivity contribution in [2.24, 2.45) is 5.73 Å². The maximum Gasteiger partial charge on any atom is 0.123 e. The third kappa shape index (κ3) is 2.94. The van der Waals surface area contributed by atoms with Gasteiger partial charge in [0, 0.05) is 17.3 Å². The lowest BCUT2D eigenvalue weighted by Gasteiger charge is -2.11. The van der Waals surface area contributed by atoms with Crippen LogP contribution in [0.2, 0.25) is 0 Å². The topological polar surface area (TPSA) is 38.9 Å². The van der Waals surface area contributed by atoms with E-state index in [-0.39, 0.29) is 11.7 Å². The smallest absolute Gasteiger partial charge is 0.123 e. The van der Waals surface area contributed by atoms with E-state index in [2.05, 4.69) is 11.9 Å². The van der Waals surface area contributed by atoms with E-state index in [0.29, 0.717) is 6.54 Å². The quantitative estimate of drug-likeness (QED) is 0.921. The van der Waals surface area contributed by atoms with Gasteiger partial charge in [-0.1, -0.05) is 12.1 Å². The normalized spacial score (nSPS) is 12.7. The molecule has 1 heterocycles. The molecule has 0 aliphatic heterocycles. The summed E-state index contributed by atoms with van der Waals surface area (Å²) in [4.78, 5) is 5.77. The first kappa shape index (κ1) is 13.2. The molecular formula is C14H17FN2S. The Balaban J connectivity index is 2.19. The Morgan fingerprint density at radius 3 is 2.72 bits per heavy atom. The monoisotopic (exact) mass is 264 g/mol. The zero-order valence-corrected chi connectivity index (χ0v) is 11.4. The van der Waals surface area contributed by atoms with Gasteiger partial charge in [0.05, 0.1) is 10.7 Å². The molecule has 0 aliphatic carbocycles. The van der Waals surface area contributed by atoms with Crippen LogP contribution < -0.4 is 5.73 Å². The van der Waals surface area contributed by atoms with E-state index >= 15 is 0 Å². The van der Waals surface area contributed by atoms with E-state index < -0.39 is 0 Å². The lowest BCUT2D eigenvalue weighted by Crippen LogP contribution is -2.15. The van der Waals surface area contributed by atoms with E-state index in [9.17, 15) is 4.39 Å². The molecule has 1 aromatic heterocycles. The van der Waals surface area contributed by atoms with Gasteiger partial charge >= 0.3 is 0 Å². The summed E-state index contributed by atoms with van der Waals surface area (Å²) in [6.45, 7) is 4.60. The Morgan fingerprint density at radius 2 is 2.17 bits per heavy atom. The summed E-state index contributed by atoms with van der Waals surface area (Å²) >= 11 is 1.69. The lowest BCUT2D eigenvalue weighted by atomic mass is 10.00. The lowest BCUT2D eigenvalue weighted by molar-refractivity contribution is 0.620. The van der Waals surface area contributed by atoms with Gasteiger partial charge in [0.25, 0.3) is 0 Å². The van der Waals surface area contributed by atoms with Crippen molar-refractivity contribution >= 4 is 11.3 Å². The van der Waals surface area contributed by atoms with Gasteiger partial charge in [-0.2, -0.15) is 0 Å². The predicted molar refractivity (Wildman–Crippen MR) is 73.5 cm³/mol. The molecule has 2 rings (SSSR count). The van der Waals surface area contributed by atoms with Crippen LogP contribution in [0, 0.1) is 19.7 Å². The minimum atomic E-state index is -0.199. The first-order valence-corrected chi connectivity index (χ1v) is 6.80. The van der Waals surface area contributed by atoms with Crippen molar-refractivity contribution in [3.05, 3.63) is 51.2 Å². The highest BCUT2D eigenvalue weighted by molar-refractivity contribution is 7.11. The van der Waals surface area contributed by atoms with Crippen molar-refractivity contribution in [1.82, 2.24) is 4.98 Å². The van der Waals surface area contributed by atoms with Crippen LogP contribution in [0.5, 0.6) is 0 Å². The number of thiazole rings is 1. The fraction of sp³-hybridized carbons (Fsp3) is 0.357. The van der Waals surface area contributed by atoms with Crippen molar-refractivity contribution in [3.8, 4) is 0 Å². The predicted octanol–water partition coefficient (Wildman–Crippen LogP) is 3.18. The summed E-state index contributed by atoms with van der Waals surface area (Å²) in [6, 6.07) is 6.68. The van der Waals surface area contributed by atoms with Gasteiger partial charge in [0.1, 0.15) is 5.82 Å². The maximum absolute atomic E-state index is 13.1. The third-order valence-corrected chi connectivity index (χ3v) is 4.29. The van der Waals surface area contributed by atoms with Crippen molar-refractivity contribution in [2.45, 2.75) is 26.2 Å². The van der Waals surface area contributed by atoms with Crippen LogP contribution in [0.4, 0.5) is 4.39 Å². The molecule has 0 aliphatic rings. The van der Waals surface area contributed by atoms with Crippen LogP contribution in [0.15, 0.2) is 24.3 Å². The van der Waals surface area contributed by atoms with Crippen LogP contribution in [-0.4, -0.2) is 11.5 Å². The Labute approximate surface area is 111 Å². The SMILES string of the molecule is Cc1nc(C(CN)Cc2cccc(F)c2)sc1C. The molecule has 2 N–H and O–H groups in total. The van der Waals surface area contributed by atoms with E-state index in [1.54, 1.807) is 23.5 Å². The molecule has 0 amide bonds. The molecule has 2 aromatic rings. The van der Waals surface area contributed by atoms with Crippen LogP contribution in [0.3, 0.4) is 0 Å².